The molecular formula is C11H15O. The molecular weight excluding hydrogens is 148 g/mol. The highest BCUT2D eigenvalue weighted by molar-refractivity contribution is 5.66. The molecule has 0 amide bonds. The SMILES string of the molecule is C=C1C2CCC([C]=O)(C2)C1(C)C. The summed E-state index contributed by atoms with van der Waals surface area (Å²) in [5.74, 6) is 0.599. The normalized spacial score (nSPS) is 43.5. The van der Waals surface area contributed by atoms with Gasteiger partial charge in [-0.15, -0.1) is 0 Å². The summed E-state index contributed by atoms with van der Waals surface area (Å²) in [5, 5.41) is 0. The first-order valence-corrected chi connectivity index (χ1v) is 4.62. The van der Waals surface area contributed by atoms with Crippen LogP contribution in [-0.2, 0) is 4.79 Å². The lowest BCUT2D eigenvalue weighted by atomic mass is 9.64. The first-order valence-electron chi connectivity index (χ1n) is 4.62. The van der Waals surface area contributed by atoms with Crippen molar-refractivity contribution in [1.29, 1.82) is 0 Å². The van der Waals surface area contributed by atoms with Crippen molar-refractivity contribution in [3.63, 3.8) is 0 Å². The van der Waals surface area contributed by atoms with Crippen molar-refractivity contribution < 1.29 is 4.79 Å². The van der Waals surface area contributed by atoms with Crippen LogP contribution in [0, 0.1) is 16.7 Å². The zero-order valence-corrected chi connectivity index (χ0v) is 7.81. The van der Waals surface area contributed by atoms with Gasteiger partial charge in [0.15, 0.2) is 0 Å². The van der Waals surface area contributed by atoms with Gasteiger partial charge in [0.05, 0.1) is 0 Å². The van der Waals surface area contributed by atoms with Crippen LogP contribution in [0.1, 0.15) is 33.1 Å². The van der Waals surface area contributed by atoms with Gasteiger partial charge >= 0.3 is 0 Å². The van der Waals surface area contributed by atoms with E-state index in [4.69, 9.17) is 0 Å². The van der Waals surface area contributed by atoms with E-state index in [9.17, 15) is 4.79 Å². The second kappa shape index (κ2) is 2.01. The summed E-state index contributed by atoms with van der Waals surface area (Å²) in [6, 6.07) is 0. The van der Waals surface area contributed by atoms with Crippen LogP contribution in [-0.4, -0.2) is 6.29 Å². The van der Waals surface area contributed by atoms with Gasteiger partial charge in [0.2, 0.25) is 6.29 Å². The van der Waals surface area contributed by atoms with Gasteiger partial charge < -0.3 is 0 Å². The fourth-order valence-corrected chi connectivity index (χ4v) is 2.95. The minimum atomic E-state index is -0.186. The van der Waals surface area contributed by atoms with Crippen LogP contribution in [0.3, 0.4) is 0 Å². The molecule has 0 N–H and O–H groups in total. The number of fused-ring (bicyclic) bond motifs is 2. The fraction of sp³-hybridized carbons (Fsp3) is 0.727. The van der Waals surface area contributed by atoms with E-state index in [0.29, 0.717) is 5.92 Å². The first-order chi connectivity index (χ1) is 5.53. The monoisotopic (exact) mass is 163 g/mol. The van der Waals surface area contributed by atoms with Crippen LogP contribution in [0.25, 0.3) is 0 Å². The van der Waals surface area contributed by atoms with E-state index in [1.807, 2.05) is 0 Å². The fourth-order valence-electron chi connectivity index (χ4n) is 2.95. The second-order valence-corrected chi connectivity index (χ2v) is 4.77. The zero-order valence-electron chi connectivity index (χ0n) is 7.81. The molecule has 2 aliphatic rings. The van der Waals surface area contributed by atoms with Gasteiger partial charge in [0, 0.05) is 5.41 Å². The third kappa shape index (κ3) is 0.634. The van der Waals surface area contributed by atoms with Gasteiger partial charge in [-0.2, -0.15) is 0 Å². The molecule has 65 valence electrons. The summed E-state index contributed by atoms with van der Waals surface area (Å²) in [4.78, 5) is 11.0. The summed E-state index contributed by atoms with van der Waals surface area (Å²) in [6.07, 6.45) is 5.45. The van der Waals surface area contributed by atoms with Gasteiger partial charge in [-0.3, -0.25) is 4.79 Å². The average molecular weight is 163 g/mol. The Morgan fingerprint density at radius 1 is 1.58 bits per heavy atom. The molecule has 1 heteroatoms. The van der Waals surface area contributed by atoms with E-state index in [2.05, 4.69) is 26.7 Å². The molecule has 0 heterocycles. The van der Waals surface area contributed by atoms with E-state index >= 15 is 0 Å². The van der Waals surface area contributed by atoms with Crippen LogP contribution in [0.2, 0.25) is 0 Å². The third-order valence-corrected chi connectivity index (χ3v) is 4.20. The van der Waals surface area contributed by atoms with Crippen molar-refractivity contribution in [3.8, 4) is 0 Å². The molecule has 2 atom stereocenters. The summed E-state index contributed by atoms with van der Waals surface area (Å²) in [5.41, 5.74) is 1.09. The predicted octanol–water partition coefficient (Wildman–Crippen LogP) is 2.48. The molecule has 0 aromatic carbocycles. The number of carbonyl (C=O) groups excluding carboxylic acids is 1. The molecule has 2 aliphatic carbocycles. The number of rotatable bonds is 1. The molecule has 0 saturated heterocycles. The lowest BCUT2D eigenvalue weighted by Gasteiger charge is -2.38. The van der Waals surface area contributed by atoms with Gasteiger partial charge in [-0.25, -0.2) is 0 Å². The number of hydrogen-bond donors (Lipinski definition) is 0. The lowest BCUT2D eigenvalue weighted by molar-refractivity contribution is 0.212. The van der Waals surface area contributed by atoms with E-state index < -0.39 is 0 Å². The van der Waals surface area contributed by atoms with Crippen molar-refractivity contribution in [2.45, 2.75) is 33.1 Å². The maximum Gasteiger partial charge on any atom is 0.206 e. The van der Waals surface area contributed by atoms with Crippen LogP contribution < -0.4 is 0 Å². The van der Waals surface area contributed by atoms with Gasteiger partial charge in [-0.05, 0) is 30.6 Å². The zero-order chi connectivity index (χ0) is 8.98. The molecule has 1 radical (unpaired) electrons. The Kier molecular flexibility index (Phi) is 1.35. The Morgan fingerprint density at radius 3 is 2.58 bits per heavy atom. The van der Waals surface area contributed by atoms with Crippen LogP contribution in [0.4, 0.5) is 0 Å². The maximum absolute atomic E-state index is 11.0. The number of hydrogen-bond acceptors (Lipinski definition) is 1. The summed E-state index contributed by atoms with van der Waals surface area (Å²) in [7, 11) is 0. The third-order valence-electron chi connectivity index (χ3n) is 4.20. The van der Waals surface area contributed by atoms with Crippen LogP contribution in [0.15, 0.2) is 12.2 Å². The van der Waals surface area contributed by atoms with Crippen molar-refractivity contribution >= 4 is 6.29 Å². The lowest BCUT2D eigenvalue weighted by Crippen LogP contribution is -2.35. The Hall–Kier alpha value is -0.590. The highest BCUT2D eigenvalue weighted by Crippen LogP contribution is 2.65. The molecule has 0 aromatic heterocycles. The molecule has 2 rings (SSSR count). The molecule has 2 unspecified atom stereocenters. The average Bonchev–Trinajstić information content (AvgIpc) is 2.53. The molecule has 0 aromatic rings. The topological polar surface area (TPSA) is 17.1 Å². The van der Waals surface area contributed by atoms with E-state index in [1.165, 1.54) is 5.57 Å². The molecule has 1 nitrogen and oxygen atoms in total. The van der Waals surface area contributed by atoms with Gasteiger partial charge in [0.25, 0.3) is 0 Å². The minimum Gasteiger partial charge on any atom is -0.290 e. The molecule has 2 saturated carbocycles. The standard InChI is InChI=1S/C11H15O/c1-8-9-4-5-11(6-9,7-12)10(8,2)3/h9H,1,4-6H2,2-3H3. The predicted molar refractivity (Wildman–Crippen MR) is 48.4 cm³/mol. The highest BCUT2D eigenvalue weighted by atomic mass is 16.1. The van der Waals surface area contributed by atoms with Crippen molar-refractivity contribution in [1.82, 2.24) is 0 Å². The maximum atomic E-state index is 11.0. The van der Waals surface area contributed by atoms with E-state index in [-0.39, 0.29) is 10.8 Å². The molecule has 2 fully saturated rings. The smallest absolute Gasteiger partial charge is 0.206 e. The highest BCUT2D eigenvalue weighted by Gasteiger charge is 2.59. The molecule has 2 bridgehead atoms. The van der Waals surface area contributed by atoms with Crippen LogP contribution in [0.5, 0.6) is 0 Å². The second-order valence-electron chi connectivity index (χ2n) is 4.77. The molecule has 12 heavy (non-hydrogen) atoms. The summed E-state index contributed by atoms with van der Waals surface area (Å²) in [6.45, 7) is 8.38. The van der Waals surface area contributed by atoms with Crippen molar-refractivity contribution in [2.24, 2.45) is 16.7 Å². The summed E-state index contributed by atoms with van der Waals surface area (Å²) >= 11 is 0. The Bertz CT molecular complexity index is 252. The van der Waals surface area contributed by atoms with Crippen LogP contribution >= 0.6 is 0 Å². The van der Waals surface area contributed by atoms with Crippen molar-refractivity contribution in [3.05, 3.63) is 12.2 Å². The van der Waals surface area contributed by atoms with Crippen molar-refractivity contribution in [2.75, 3.05) is 0 Å². The van der Waals surface area contributed by atoms with E-state index in [0.717, 1.165) is 19.3 Å². The quantitative estimate of drug-likeness (QED) is 0.543. The largest absolute Gasteiger partial charge is 0.290 e. The molecule has 0 spiro atoms. The Morgan fingerprint density at radius 2 is 2.25 bits per heavy atom. The number of allylic oxidation sites excluding steroid dienone is 1. The van der Waals surface area contributed by atoms with Gasteiger partial charge in [-0.1, -0.05) is 26.0 Å². The minimum absolute atomic E-state index is 0.00231. The first kappa shape index (κ1) is 8.03. The Labute approximate surface area is 73.8 Å². The van der Waals surface area contributed by atoms with E-state index in [1.54, 1.807) is 0 Å². The van der Waals surface area contributed by atoms with Gasteiger partial charge in [0.1, 0.15) is 0 Å². The Balaban J connectivity index is 2.48. The molecule has 0 aliphatic heterocycles. The summed E-state index contributed by atoms with van der Waals surface area (Å²) < 4.78 is 0.